The van der Waals surface area contributed by atoms with Crippen molar-refractivity contribution in [3.05, 3.63) is 164 Å². The van der Waals surface area contributed by atoms with Crippen molar-refractivity contribution in [2.45, 2.75) is 0 Å². The van der Waals surface area contributed by atoms with Gasteiger partial charge in [-0.05, 0) is 67.7 Å². The molecular weight excluding hydrogens is 615 g/mol. The number of fused-ring (bicyclic) bond motifs is 8. The van der Waals surface area contributed by atoms with Crippen molar-refractivity contribution < 1.29 is 0 Å². The molecule has 0 saturated carbocycles. The van der Waals surface area contributed by atoms with E-state index < -0.39 is 0 Å². The molecule has 0 atom stereocenters. The average molecular weight is 642 g/mol. The van der Waals surface area contributed by atoms with E-state index >= 15 is 0 Å². The number of hydrogen-bond acceptors (Lipinski definition) is 4. The van der Waals surface area contributed by atoms with E-state index in [0.29, 0.717) is 17.5 Å². The molecule has 2 aromatic heterocycles. The van der Waals surface area contributed by atoms with Gasteiger partial charge < -0.3 is 0 Å². The summed E-state index contributed by atoms with van der Waals surface area (Å²) in [5, 5.41) is 10.0. The van der Waals surface area contributed by atoms with Crippen molar-refractivity contribution in [2.75, 3.05) is 0 Å². The molecule has 10 aromatic rings. The van der Waals surface area contributed by atoms with Gasteiger partial charge in [0, 0.05) is 36.9 Å². The molecule has 10 rings (SSSR count). The first kappa shape index (κ1) is 27.8. The summed E-state index contributed by atoms with van der Waals surface area (Å²) in [5.41, 5.74) is 5.32. The van der Waals surface area contributed by atoms with Crippen molar-refractivity contribution >= 4 is 63.8 Å². The second kappa shape index (κ2) is 11.2. The molecule has 0 saturated heterocycles. The molecule has 0 fully saturated rings. The Morgan fingerprint density at radius 1 is 0.327 bits per heavy atom. The number of aromatic nitrogens is 3. The average Bonchev–Trinajstić information content (AvgIpc) is 3.56. The van der Waals surface area contributed by atoms with Crippen LogP contribution in [0.1, 0.15) is 0 Å². The smallest absolute Gasteiger partial charge is 0.164 e. The number of rotatable bonds is 4. The Bertz CT molecular complexity index is 2820. The van der Waals surface area contributed by atoms with Crippen LogP contribution in [0, 0.1) is 0 Å². The molecule has 49 heavy (non-hydrogen) atoms. The van der Waals surface area contributed by atoms with Gasteiger partial charge in [0.1, 0.15) is 0 Å². The summed E-state index contributed by atoms with van der Waals surface area (Å²) in [6.45, 7) is 0. The summed E-state index contributed by atoms with van der Waals surface area (Å²) in [6.07, 6.45) is 0. The van der Waals surface area contributed by atoms with Crippen LogP contribution in [0.3, 0.4) is 0 Å². The fraction of sp³-hybridized carbons (Fsp3) is 0. The highest BCUT2D eigenvalue weighted by atomic mass is 32.1. The van der Waals surface area contributed by atoms with Crippen molar-refractivity contribution in [1.82, 2.24) is 15.0 Å². The lowest BCUT2D eigenvalue weighted by molar-refractivity contribution is 1.08. The quantitative estimate of drug-likeness (QED) is 0.180. The van der Waals surface area contributed by atoms with Crippen LogP contribution in [0.25, 0.3) is 97.8 Å². The third kappa shape index (κ3) is 4.68. The number of hydrogen-bond donors (Lipinski definition) is 0. The summed E-state index contributed by atoms with van der Waals surface area (Å²) >= 11 is 1.81. The van der Waals surface area contributed by atoms with Gasteiger partial charge in [0.2, 0.25) is 0 Å². The van der Waals surface area contributed by atoms with Gasteiger partial charge in [-0.1, -0.05) is 140 Å². The molecule has 228 valence electrons. The largest absolute Gasteiger partial charge is 0.208 e. The maximum atomic E-state index is 5.08. The molecule has 0 aliphatic rings. The van der Waals surface area contributed by atoms with Crippen LogP contribution < -0.4 is 0 Å². The van der Waals surface area contributed by atoms with Crippen molar-refractivity contribution in [1.29, 1.82) is 0 Å². The van der Waals surface area contributed by atoms with Gasteiger partial charge in [-0.2, -0.15) is 0 Å². The van der Waals surface area contributed by atoms with Crippen molar-refractivity contribution in [3.8, 4) is 45.3 Å². The minimum Gasteiger partial charge on any atom is -0.208 e. The Kier molecular flexibility index (Phi) is 6.36. The first-order chi connectivity index (χ1) is 24.3. The van der Waals surface area contributed by atoms with E-state index in [2.05, 4.69) is 127 Å². The van der Waals surface area contributed by atoms with E-state index in [1.807, 2.05) is 47.7 Å². The first-order valence-electron chi connectivity index (χ1n) is 16.4. The highest BCUT2D eigenvalue weighted by Gasteiger charge is 2.17. The number of benzene rings is 8. The first-order valence-corrected chi connectivity index (χ1v) is 17.3. The highest BCUT2D eigenvalue weighted by molar-refractivity contribution is 7.26. The van der Waals surface area contributed by atoms with Crippen LogP contribution in [0.2, 0.25) is 0 Å². The lowest BCUT2D eigenvalue weighted by Gasteiger charge is -2.10. The van der Waals surface area contributed by atoms with E-state index in [0.717, 1.165) is 16.7 Å². The van der Waals surface area contributed by atoms with E-state index in [4.69, 9.17) is 15.0 Å². The molecule has 8 aromatic carbocycles. The van der Waals surface area contributed by atoms with E-state index in [9.17, 15) is 0 Å². The van der Waals surface area contributed by atoms with Crippen LogP contribution in [0.15, 0.2) is 164 Å². The normalized spacial score (nSPS) is 11.7. The van der Waals surface area contributed by atoms with Crippen LogP contribution in [-0.4, -0.2) is 15.0 Å². The summed E-state index contributed by atoms with van der Waals surface area (Å²) in [5.74, 6) is 2.00. The minimum absolute atomic E-state index is 0.665. The van der Waals surface area contributed by atoms with Crippen molar-refractivity contribution in [3.63, 3.8) is 0 Å². The summed E-state index contributed by atoms with van der Waals surface area (Å²) in [4.78, 5) is 15.1. The third-order valence-corrected chi connectivity index (χ3v) is 10.6. The van der Waals surface area contributed by atoms with Crippen LogP contribution >= 0.6 is 11.3 Å². The molecule has 4 heteroatoms. The topological polar surface area (TPSA) is 38.7 Å². The molecule has 0 aliphatic carbocycles. The summed E-state index contributed by atoms with van der Waals surface area (Å²) in [7, 11) is 0. The molecule has 3 nitrogen and oxygen atoms in total. The van der Waals surface area contributed by atoms with E-state index in [1.165, 1.54) is 63.6 Å². The fourth-order valence-electron chi connectivity index (χ4n) is 7.13. The highest BCUT2D eigenvalue weighted by Crippen LogP contribution is 2.42. The monoisotopic (exact) mass is 641 g/mol. The predicted octanol–water partition coefficient (Wildman–Crippen LogP) is 12.4. The SMILES string of the molecule is c1ccc(-c2nc(-c3ccccc3)nc(-c3cccc4sc5ccc(-c6ccc7c(ccc8c9ccccc9ccc78)c6)cc5c34)n2)cc1. The molecule has 0 amide bonds. The van der Waals surface area contributed by atoms with E-state index in [1.54, 1.807) is 0 Å². The van der Waals surface area contributed by atoms with E-state index in [-0.39, 0.29) is 0 Å². The Balaban J connectivity index is 1.14. The second-order valence-corrected chi connectivity index (χ2v) is 13.5. The molecule has 0 spiro atoms. The Hall–Kier alpha value is -6.23. The zero-order valence-electron chi connectivity index (χ0n) is 26.3. The predicted molar refractivity (Wildman–Crippen MR) is 207 cm³/mol. The molecule has 2 heterocycles. The van der Waals surface area contributed by atoms with Gasteiger partial charge in [0.15, 0.2) is 17.5 Å². The van der Waals surface area contributed by atoms with Gasteiger partial charge in [-0.15, -0.1) is 11.3 Å². The lowest BCUT2D eigenvalue weighted by atomic mass is 9.94. The van der Waals surface area contributed by atoms with Gasteiger partial charge >= 0.3 is 0 Å². The Morgan fingerprint density at radius 2 is 0.918 bits per heavy atom. The maximum Gasteiger partial charge on any atom is 0.164 e. The van der Waals surface area contributed by atoms with Crippen LogP contribution in [0.4, 0.5) is 0 Å². The van der Waals surface area contributed by atoms with Crippen molar-refractivity contribution in [2.24, 2.45) is 0 Å². The summed E-state index contributed by atoms with van der Waals surface area (Å²) < 4.78 is 2.45. The standard InChI is InChI=1S/C45H27N3S/c1-3-11-29(12-4-1)43-46-44(30-13-5-2-6-14-30)48-45(47-43)38-16-9-17-41-42(38)39-27-32(21-25-40(39)49-41)31-19-22-35-33(26-31)20-24-36-34-15-8-7-10-28(34)18-23-37(35)36/h1-27H. The van der Waals surface area contributed by atoms with Gasteiger partial charge in [-0.3, -0.25) is 0 Å². The van der Waals surface area contributed by atoms with Crippen LogP contribution in [0.5, 0.6) is 0 Å². The number of thiophene rings is 1. The van der Waals surface area contributed by atoms with Gasteiger partial charge in [0.05, 0.1) is 0 Å². The zero-order valence-corrected chi connectivity index (χ0v) is 27.2. The lowest BCUT2D eigenvalue weighted by Crippen LogP contribution is -2.00. The zero-order chi connectivity index (χ0) is 32.3. The Morgan fingerprint density at radius 3 is 1.67 bits per heavy atom. The fourth-order valence-corrected chi connectivity index (χ4v) is 8.24. The third-order valence-electron chi connectivity index (χ3n) is 9.51. The molecule has 0 radical (unpaired) electrons. The van der Waals surface area contributed by atoms with Crippen LogP contribution in [-0.2, 0) is 0 Å². The summed E-state index contributed by atoms with van der Waals surface area (Å²) in [6, 6.07) is 58.1. The molecule has 0 N–H and O–H groups in total. The Labute approximate surface area is 286 Å². The molecule has 0 aliphatic heterocycles. The number of nitrogens with zero attached hydrogens (tertiary/aromatic N) is 3. The van der Waals surface area contributed by atoms with Gasteiger partial charge in [-0.25, -0.2) is 15.0 Å². The second-order valence-electron chi connectivity index (χ2n) is 12.4. The molecular formula is C45H27N3S. The minimum atomic E-state index is 0.665. The molecule has 0 bridgehead atoms. The van der Waals surface area contributed by atoms with Gasteiger partial charge in [0.25, 0.3) is 0 Å². The maximum absolute atomic E-state index is 5.08. The molecule has 0 unspecified atom stereocenters.